The predicted octanol–water partition coefficient (Wildman–Crippen LogP) is 3.65. The number of methoxy groups -OCH3 is 1. The van der Waals surface area contributed by atoms with E-state index in [0.717, 1.165) is 0 Å². The summed E-state index contributed by atoms with van der Waals surface area (Å²) in [5.74, 6) is -0.108. The Labute approximate surface area is 112 Å². The van der Waals surface area contributed by atoms with Crippen molar-refractivity contribution >= 4 is 21.7 Å². The van der Waals surface area contributed by atoms with Crippen LogP contribution in [0.4, 0.5) is 8.78 Å². The highest BCUT2D eigenvalue weighted by Crippen LogP contribution is 2.30. The molecule has 0 N–H and O–H groups in total. The zero-order valence-electron chi connectivity index (χ0n) is 9.95. The molecule has 0 aliphatic heterocycles. The Bertz CT molecular complexity index is 424. The van der Waals surface area contributed by atoms with Crippen molar-refractivity contribution in [2.75, 3.05) is 7.11 Å². The van der Waals surface area contributed by atoms with Gasteiger partial charge in [-0.15, -0.1) is 0 Å². The van der Waals surface area contributed by atoms with Gasteiger partial charge in [0, 0.05) is 5.56 Å². The summed E-state index contributed by atoms with van der Waals surface area (Å²) in [6.07, 6.45) is 0.635. The zero-order valence-corrected chi connectivity index (χ0v) is 11.5. The van der Waals surface area contributed by atoms with Crippen molar-refractivity contribution in [3.63, 3.8) is 0 Å². The molecule has 6 heteroatoms. The lowest BCUT2D eigenvalue weighted by atomic mass is 10.1. The van der Waals surface area contributed by atoms with E-state index in [0.29, 0.717) is 12.0 Å². The van der Waals surface area contributed by atoms with Gasteiger partial charge >= 0.3 is 6.61 Å². The number of benzene rings is 1. The monoisotopic (exact) mass is 322 g/mol. The van der Waals surface area contributed by atoms with E-state index in [1.54, 1.807) is 0 Å². The van der Waals surface area contributed by atoms with Crippen LogP contribution in [0.3, 0.4) is 0 Å². The molecule has 0 aromatic heterocycles. The summed E-state index contributed by atoms with van der Waals surface area (Å²) < 4.78 is 33.5. The molecule has 0 saturated heterocycles. The van der Waals surface area contributed by atoms with Crippen molar-refractivity contribution in [2.24, 2.45) is 0 Å². The standard InChI is InChI=1S/C12H13BrF2O3/c1-3-8(13)11(16)7-4-5-9(18-12(14)15)10(6-7)17-2/h4-6,8,12H,3H2,1-2H3. The van der Waals surface area contributed by atoms with E-state index < -0.39 is 6.61 Å². The van der Waals surface area contributed by atoms with Crippen LogP contribution in [0.1, 0.15) is 23.7 Å². The Morgan fingerprint density at radius 2 is 2.06 bits per heavy atom. The van der Waals surface area contributed by atoms with Gasteiger partial charge in [0.1, 0.15) is 0 Å². The third kappa shape index (κ3) is 3.66. The van der Waals surface area contributed by atoms with Crippen LogP contribution < -0.4 is 9.47 Å². The minimum Gasteiger partial charge on any atom is -0.493 e. The molecule has 0 saturated carbocycles. The summed E-state index contributed by atoms with van der Waals surface area (Å²) in [5, 5.41) is 0. The molecule has 1 atom stereocenters. The van der Waals surface area contributed by atoms with Gasteiger partial charge in [-0.3, -0.25) is 4.79 Å². The molecule has 18 heavy (non-hydrogen) atoms. The Balaban J connectivity index is 3.01. The lowest BCUT2D eigenvalue weighted by Gasteiger charge is -2.12. The highest BCUT2D eigenvalue weighted by Gasteiger charge is 2.18. The number of alkyl halides is 3. The van der Waals surface area contributed by atoms with Crippen molar-refractivity contribution < 1.29 is 23.0 Å². The highest BCUT2D eigenvalue weighted by molar-refractivity contribution is 9.10. The van der Waals surface area contributed by atoms with Crippen LogP contribution in [0.25, 0.3) is 0 Å². The van der Waals surface area contributed by atoms with E-state index in [-0.39, 0.29) is 22.1 Å². The molecule has 0 radical (unpaired) electrons. The topological polar surface area (TPSA) is 35.5 Å². The summed E-state index contributed by atoms with van der Waals surface area (Å²) >= 11 is 3.24. The average molecular weight is 323 g/mol. The van der Waals surface area contributed by atoms with Gasteiger partial charge in [0.2, 0.25) is 0 Å². The summed E-state index contributed by atoms with van der Waals surface area (Å²) in [6.45, 7) is -1.07. The molecular weight excluding hydrogens is 310 g/mol. The van der Waals surface area contributed by atoms with E-state index in [9.17, 15) is 13.6 Å². The maximum atomic E-state index is 12.1. The number of Topliss-reactive ketones (excluding diaryl/α,β-unsaturated/α-hetero) is 1. The van der Waals surface area contributed by atoms with Gasteiger partial charge in [-0.2, -0.15) is 8.78 Å². The Kier molecular flexibility index (Phi) is 5.53. The summed E-state index contributed by atoms with van der Waals surface area (Å²) in [5.41, 5.74) is 0.386. The van der Waals surface area contributed by atoms with Crippen LogP contribution in [0.5, 0.6) is 11.5 Å². The Morgan fingerprint density at radius 3 is 2.56 bits per heavy atom. The minimum atomic E-state index is -2.93. The molecule has 1 unspecified atom stereocenters. The summed E-state index contributed by atoms with van der Waals surface area (Å²) in [6, 6.07) is 4.13. The molecule has 0 heterocycles. The number of carbonyl (C=O) groups is 1. The van der Waals surface area contributed by atoms with Crippen LogP contribution in [-0.4, -0.2) is 24.3 Å². The third-order valence-electron chi connectivity index (χ3n) is 2.31. The third-order valence-corrected chi connectivity index (χ3v) is 3.37. The first-order chi connectivity index (χ1) is 8.49. The molecular formula is C12H13BrF2O3. The second kappa shape index (κ2) is 6.68. The number of hydrogen-bond donors (Lipinski definition) is 0. The first-order valence-corrected chi connectivity index (χ1v) is 6.22. The fourth-order valence-electron chi connectivity index (χ4n) is 1.38. The van der Waals surface area contributed by atoms with Gasteiger partial charge < -0.3 is 9.47 Å². The largest absolute Gasteiger partial charge is 0.493 e. The molecule has 1 aromatic carbocycles. The van der Waals surface area contributed by atoms with Crippen molar-refractivity contribution in [1.29, 1.82) is 0 Å². The van der Waals surface area contributed by atoms with Crippen LogP contribution in [0.15, 0.2) is 18.2 Å². The van der Waals surface area contributed by atoms with Crippen molar-refractivity contribution in [1.82, 2.24) is 0 Å². The molecule has 3 nitrogen and oxygen atoms in total. The number of halogens is 3. The fraction of sp³-hybridized carbons (Fsp3) is 0.417. The highest BCUT2D eigenvalue weighted by atomic mass is 79.9. The van der Waals surface area contributed by atoms with Gasteiger partial charge in [-0.05, 0) is 24.6 Å². The predicted molar refractivity (Wildman–Crippen MR) is 67.0 cm³/mol. The first-order valence-electron chi connectivity index (χ1n) is 5.30. The second-order valence-electron chi connectivity index (χ2n) is 3.48. The SMILES string of the molecule is CCC(Br)C(=O)c1ccc(OC(F)F)c(OC)c1. The number of ether oxygens (including phenoxy) is 2. The summed E-state index contributed by atoms with van der Waals surface area (Å²) in [7, 11) is 1.33. The lowest BCUT2D eigenvalue weighted by molar-refractivity contribution is -0.0512. The molecule has 0 bridgehead atoms. The molecule has 1 rings (SSSR count). The Hall–Kier alpha value is -1.17. The molecule has 100 valence electrons. The van der Waals surface area contributed by atoms with Gasteiger partial charge in [0.25, 0.3) is 0 Å². The summed E-state index contributed by atoms with van der Waals surface area (Å²) in [4.78, 5) is 11.6. The maximum absolute atomic E-state index is 12.1. The molecule has 0 aliphatic rings. The van der Waals surface area contributed by atoms with Crippen LogP contribution in [0, 0.1) is 0 Å². The van der Waals surface area contributed by atoms with E-state index in [2.05, 4.69) is 20.7 Å². The first kappa shape index (κ1) is 14.9. The minimum absolute atomic E-state index is 0.0910. The molecule has 0 spiro atoms. The molecule has 0 fully saturated rings. The van der Waals surface area contributed by atoms with Crippen LogP contribution >= 0.6 is 15.9 Å². The van der Waals surface area contributed by atoms with Crippen LogP contribution in [0.2, 0.25) is 0 Å². The smallest absolute Gasteiger partial charge is 0.387 e. The maximum Gasteiger partial charge on any atom is 0.387 e. The zero-order chi connectivity index (χ0) is 13.7. The molecule has 1 aromatic rings. The molecule has 0 aliphatic carbocycles. The second-order valence-corrected chi connectivity index (χ2v) is 4.59. The number of carbonyl (C=O) groups excluding carboxylic acids is 1. The van der Waals surface area contributed by atoms with Crippen molar-refractivity contribution in [3.8, 4) is 11.5 Å². The van der Waals surface area contributed by atoms with Crippen molar-refractivity contribution in [2.45, 2.75) is 24.8 Å². The number of ketones is 1. The van der Waals surface area contributed by atoms with E-state index in [1.807, 2.05) is 6.92 Å². The van der Waals surface area contributed by atoms with Gasteiger partial charge in [0.15, 0.2) is 17.3 Å². The normalized spacial score (nSPS) is 12.3. The van der Waals surface area contributed by atoms with Gasteiger partial charge in [0.05, 0.1) is 11.9 Å². The van der Waals surface area contributed by atoms with Crippen LogP contribution in [-0.2, 0) is 0 Å². The van der Waals surface area contributed by atoms with Gasteiger partial charge in [-0.1, -0.05) is 22.9 Å². The number of hydrogen-bond acceptors (Lipinski definition) is 3. The quantitative estimate of drug-likeness (QED) is 0.592. The average Bonchev–Trinajstić information content (AvgIpc) is 2.36. The van der Waals surface area contributed by atoms with Crippen molar-refractivity contribution in [3.05, 3.63) is 23.8 Å². The van der Waals surface area contributed by atoms with Gasteiger partial charge in [-0.25, -0.2) is 0 Å². The Morgan fingerprint density at radius 1 is 1.39 bits per heavy atom. The molecule has 0 amide bonds. The number of rotatable bonds is 6. The van der Waals surface area contributed by atoms with E-state index >= 15 is 0 Å². The van der Waals surface area contributed by atoms with E-state index in [4.69, 9.17) is 4.74 Å². The van der Waals surface area contributed by atoms with E-state index in [1.165, 1.54) is 25.3 Å². The fourth-order valence-corrected chi connectivity index (χ4v) is 1.64. The lowest BCUT2D eigenvalue weighted by Crippen LogP contribution is -2.13.